The number of rotatable bonds is 2. The average Bonchev–Trinajstić information content (AvgIpc) is 3.57. The van der Waals surface area contributed by atoms with E-state index in [0.29, 0.717) is 6.04 Å². The van der Waals surface area contributed by atoms with Crippen molar-refractivity contribution in [1.82, 2.24) is 4.98 Å². The fraction of sp³-hybridized carbons (Fsp3) is 0.189. The van der Waals surface area contributed by atoms with Crippen molar-refractivity contribution in [2.24, 2.45) is 0 Å². The third-order valence-corrected chi connectivity index (χ3v) is 10.9. The fourth-order valence-corrected chi connectivity index (χ4v) is 9.04. The highest BCUT2D eigenvalue weighted by molar-refractivity contribution is 7.25. The maximum Gasteiger partial charge on any atom is 0.166 e. The van der Waals surface area contributed by atoms with Crippen LogP contribution in [0.3, 0.4) is 0 Å². The molecule has 1 N–H and O–H groups in total. The van der Waals surface area contributed by atoms with Gasteiger partial charge in [0.2, 0.25) is 0 Å². The Morgan fingerprint density at radius 2 is 1.71 bits per heavy atom. The van der Waals surface area contributed by atoms with Crippen LogP contribution in [0.15, 0.2) is 103 Å². The molecule has 0 spiro atoms. The first kappa shape index (κ1) is 23.7. The van der Waals surface area contributed by atoms with Crippen LogP contribution in [0.4, 0.5) is 5.69 Å². The highest BCUT2D eigenvalue weighted by Gasteiger charge is 2.46. The number of para-hydroxylation sites is 2. The molecule has 0 saturated heterocycles. The summed E-state index contributed by atoms with van der Waals surface area (Å²) < 4.78 is 1.34. The minimum Gasteiger partial charge on any atom is -0.346 e. The van der Waals surface area contributed by atoms with Crippen LogP contribution in [0.25, 0.3) is 43.0 Å². The Labute approximate surface area is 244 Å². The molecule has 0 bridgehead atoms. The number of anilines is 1. The molecule has 197 valence electrons. The molecule has 0 amide bonds. The zero-order valence-corrected chi connectivity index (χ0v) is 23.9. The molecule has 4 heteroatoms. The smallest absolute Gasteiger partial charge is 0.166 e. The summed E-state index contributed by atoms with van der Waals surface area (Å²) in [5.74, 6) is 0.210. The number of hydrogen-bond acceptors (Lipinski definition) is 2. The molecule has 0 saturated carbocycles. The number of allylic oxidation sites excluding steroid dienone is 1. The number of nitrogens with one attached hydrogen (secondary N) is 1. The monoisotopic (exact) mass is 545 g/mol. The van der Waals surface area contributed by atoms with Crippen molar-refractivity contribution in [3.63, 3.8) is 0 Å². The van der Waals surface area contributed by atoms with Crippen molar-refractivity contribution >= 4 is 72.7 Å². The Kier molecular flexibility index (Phi) is 5.05. The summed E-state index contributed by atoms with van der Waals surface area (Å²) >= 11 is 1.87. The highest BCUT2D eigenvalue weighted by Crippen LogP contribution is 2.51. The summed E-state index contributed by atoms with van der Waals surface area (Å²) in [4.78, 5) is 7.92. The molecule has 3 heterocycles. The Balaban J connectivity index is 1.34. The summed E-state index contributed by atoms with van der Waals surface area (Å²) in [5, 5.41) is 6.75. The second-order valence-electron chi connectivity index (χ2n) is 12.1. The quantitative estimate of drug-likeness (QED) is 0.181. The molecule has 2 aromatic heterocycles. The van der Waals surface area contributed by atoms with Crippen LogP contribution in [0, 0.1) is 0 Å². The topological polar surface area (TPSA) is 19.0 Å². The SMILES string of the molecule is CC1(c2cccc3c2[nH]c2sc4ccccc4c23)C=c2ccccc2=C2C1[B]c1ccccc1N2C1CC=CCC1. The van der Waals surface area contributed by atoms with E-state index in [1.54, 1.807) is 0 Å². The maximum atomic E-state index is 3.92. The van der Waals surface area contributed by atoms with Crippen LogP contribution in [-0.2, 0) is 5.41 Å². The summed E-state index contributed by atoms with van der Waals surface area (Å²) in [6.07, 6.45) is 10.7. The lowest BCUT2D eigenvalue weighted by Gasteiger charge is -2.50. The molecule has 1 aliphatic heterocycles. The van der Waals surface area contributed by atoms with E-state index < -0.39 is 0 Å². The summed E-state index contributed by atoms with van der Waals surface area (Å²) in [7, 11) is 2.56. The Morgan fingerprint density at radius 3 is 2.63 bits per heavy atom. The van der Waals surface area contributed by atoms with E-state index in [2.05, 4.69) is 133 Å². The second kappa shape index (κ2) is 8.74. The number of aromatic nitrogens is 1. The number of aromatic amines is 1. The van der Waals surface area contributed by atoms with Crippen molar-refractivity contribution < 1.29 is 0 Å². The van der Waals surface area contributed by atoms with Crippen LogP contribution in [0.1, 0.15) is 31.7 Å². The zero-order valence-electron chi connectivity index (χ0n) is 23.1. The largest absolute Gasteiger partial charge is 0.346 e. The lowest BCUT2D eigenvalue weighted by atomic mass is 9.44. The predicted molar refractivity (Wildman–Crippen MR) is 177 cm³/mol. The van der Waals surface area contributed by atoms with Crippen LogP contribution < -0.4 is 20.8 Å². The van der Waals surface area contributed by atoms with E-state index in [9.17, 15) is 0 Å². The van der Waals surface area contributed by atoms with E-state index in [4.69, 9.17) is 0 Å². The fourth-order valence-electron chi connectivity index (χ4n) is 7.92. The maximum absolute atomic E-state index is 3.92. The molecular weight excluding hydrogens is 515 g/mol. The number of fused-ring (bicyclic) bond motifs is 8. The van der Waals surface area contributed by atoms with E-state index in [1.807, 2.05) is 11.3 Å². The van der Waals surface area contributed by atoms with Gasteiger partial charge in [-0.05, 0) is 48.0 Å². The molecule has 3 aliphatic rings. The molecule has 2 nitrogen and oxygen atoms in total. The van der Waals surface area contributed by atoms with Gasteiger partial charge in [-0.3, -0.25) is 0 Å². The number of thiophene rings is 1. The molecule has 4 aromatic carbocycles. The predicted octanol–water partition coefficient (Wildman–Crippen LogP) is 7.14. The van der Waals surface area contributed by atoms with Gasteiger partial charge in [0.25, 0.3) is 0 Å². The average molecular weight is 546 g/mol. The molecule has 2 aliphatic carbocycles. The van der Waals surface area contributed by atoms with Crippen LogP contribution >= 0.6 is 11.3 Å². The van der Waals surface area contributed by atoms with Crippen LogP contribution in [0.2, 0.25) is 5.82 Å². The van der Waals surface area contributed by atoms with Crippen molar-refractivity contribution in [1.29, 1.82) is 0 Å². The summed E-state index contributed by atoms with van der Waals surface area (Å²) in [5.41, 5.74) is 6.57. The van der Waals surface area contributed by atoms with E-state index >= 15 is 0 Å². The Bertz CT molecular complexity index is 2170. The van der Waals surface area contributed by atoms with Crippen LogP contribution in [-0.4, -0.2) is 18.3 Å². The highest BCUT2D eigenvalue weighted by atomic mass is 32.1. The van der Waals surface area contributed by atoms with E-state index in [1.165, 1.54) is 70.5 Å². The third-order valence-electron chi connectivity index (χ3n) is 9.79. The first-order valence-electron chi connectivity index (χ1n) is 14.8. The molecule has 0 fully saturated rings. The second-order valence-corrected chi connectivity index (χ2v) is 13.1. The van der Waals surface area contributed by atoms with Crippen molar-refractivity contribution in [3.05, 3.63) is 119 Å². The Hall–Kier alpha value is -4.02. The minimum atomic E-state index is -0.234. The number of H-pyrrole nitrogens is 1. The first-order chi connectivity index (χ1) is 20.2. The molecular formula is C37H30BN2S. The van der Waals surface area contributed by atoms with Crippen LogP contribution in [0.5, 0.6) is 0 Å². The van der Waals surface area contributed by atoms with Gasteiger partial charge in [-0.1, -0.05) is 109 Å². The zero-order chi connectivity index (χ0) is 27.1. The van der Waals surface area contributed by atoms with E-state index in [0.717, 1.165) is 12.8 Å². The first-order valence-corrected chi connectivity index (χ1v) is 15.6. The number of benzene rings is 4. The van der Waals surface area contributed by atoms with Crippen molar-refractivity contribution in [2.45, 2.75) is 43.5 Å². The number of hydrogen-bond donors (Lipinski definition) is 1. The van der Waals surface area contributed by atoms with Gasteiger partial charge in [0.15, 0.2) is 7.28 Å². The normalized spacial score (nSPS) is 23.2. The Morgan fingerprint density at radius 1 is 0.878 bits per heavy atom. The summed E-state index contributed by atoms with van der Waals surface area (Å²) in [6, 6.07) is 34.3. The van der Waals surface area contributed by atoms with Gasteiger partial charge in [0.1, 0.15) is 4.83 Å². The van der Waals surface area contributed by atoms with Gasteiger partial charge in [-0.25, -0.2) is 0 Å². The molecule has 3 atom stereocenters. The summed E-state index contributed by atoms with van der Waals surface area (Å²) in [6.45, 7) is 2.47. The van der Waals surface area contributed by atoms with Gasteiger partial charge in [-0.15, -0.1) is 11.3 Å². The van der Waals surface area contributed by atoms with Crippen molar-refractivity contribution in [3.8, 4) is 0 Å². The lowest BCUT2D eigenvalue weighted by molar-refractivity contribution is 0.562. The molecule has 41 heavy (non-hydrogen) atoms. The lowest BCUT2D eigenvalue weighted by Crippen LogP contribution is -2.55. The van der Waals surface area contributed by atoms with Gasteiger partial charge in [0, 0.05) is 48.9 Å². The van der Waals surface area contributed by atoms with Gasteiger partial charge >= 0.3 is 0 Å². The van der Waals surface area contributed by atoms with Gasteiger partial charge < -0.3 is 9.88 Å². The molecule has 9 rings (SSSR count). The number of nitrogens with zero attached hydrogens (tertiary/aromatic N) is 1. The van der Waals surface area contributed by atoms with Crippen molar-refractivity contribution in [2.75, 3.05) is 4.90 Å². The van der Waals surface area contributed by atoms with Gasteiger partial charge in [-0.2, -0.15) is 0 Å². The standard InChI is InChI=1S/C37H30BN2S/c1-37(28-18-11-17-27-32-26-16-7-10-21-31(26)41-36(32)39-33(27)28)22-23-12-5-6-15-25(23)34-35(37)38-29-19-8-9-20-30(29)40(34)24-13-3-2-4-14-24/h2-3,5-12,15-22,24,35,39H,4,13-14H2,1H3. The molecule has 6 aromatic rings. The van der Waals surface area contributed by atoms with Gasteiger partial charge in [0.05, 0.1) is 5.52 Å². The third kappa shape index (κ3) is 3.31. The van der Waals surface area contributed by atoms with E-state index in [-0.39, 0.29) is 11.2 Å². The minimum absolute atomic E-state index is 0.210. The molecule has 1 radical (unpaired) electrons. The molecule has 3 unspecified atom stereocenters.